The van der Waals surface area contributed by atoms with Crippen molar-refractivity contribution < 1.29 is 33.2 Å². The first kappa shape index (κ1) is 74.2. The molecule has 0 radical (unpaired) electrons. The monoisotopic (exact) mass is 1060 g/mol. The van der Waals surface area contributed by atoms with Gasteiger partial charge in [0.1, 0.15) is 0 Å². The summed E-state index contributed by atoms with van der Waals surface area (Å²) in [5.74, 6) is 0. The number of hydrogen-bond donors (Lipinski definition) is 0. The quantitative estimate of drug-likeness (QED) is 0.0342. The molecule has 0 heterocycles. The predicted molar refractivity (Wildman–Crippen MR) is 326 cm³/mol. The van der Waals surface area contributed by atoms with E-state index >= 15 is 0 Å². The van der Waals surface area contributed by atoms with E-state index in [0.29, 0.717) is 0 Å². The molecule has 0 aliphatic heterocycles. The summed E-state index contributed by atoms with van der Waals surface area (Å²) in [7, 11) is 3.42. The van der Waals surface area contributed by atoms with Gasteiger partial charge >= 0.3 is 0 Å². The molecule has 0 rings (SSSR count). The van der Waals surface area contributed by atoms with Crippen LogP contribution in [-0.2, 0) is 33.2 Å². The first-order valence-corrected chi connectivity index (χ1v) is 33.7. The predicted octanol–water partition coefficient (Wildman–Crippen LogP) is 22.4. The van der Waals surface area contributed by atoms with Crippen molar-refractivity contribution in [1.82, 2.24) is 0 Å². The average molecular weight is 1060 g/mol. The molecule has 7 nitrogen and oxygen atoms in total. The van der Waals surface area contributed by atoms with Crippen LogP contribution in [0, 0.1) is 0 Å². The molecule has 7 heteroatoms. The molecule has 0 aliphatic rings. The molecular weight excluding hydrogens is 929 g/mol. The van der Waals surface area contributed by atoms with E-state index in [0.717, 1.165) is 52.1 Å². The van der Waals surface area contributed by atoms with E-state index in [1.165, 1.54) is 295 Å². The van der Waals surface area contributed by atoms with Gasteiger partial charge < -0.3 is 33.2 Å². The highest BCUT2D eigenvalue weighted by atomic mass is 16.8. The maximum atomic E-state index is 6.25. The molecule has 0 fully saturated rings. The molecule has 448 valence electrons. The standard InChI is InChI=1S/C68H134O7/c1-7-11-15-19-45-53-61-71-67(72-62-54-46-20-16-12-8-2)59-51-43-39-35-31-27-23-25-29-33-37-41-49-57-65(69-5)75-66(70-6)58-50-42-38-34-30-26-24-28-32-36-40-44-52-60-68(73-63-55-47-21-17-13-9-3)74-64-56-48-22-18-14-10-4/h49-50,57-58,65-68H,7-48,51-56,59-64H2,1-6H3. The van der Waals surface area contributed by atoms with Crippen LogP contribution in [0.25, 0.3) is 0 Å². The van der Waals surface area contributed by atoms with Gasteiger partial charge in [0.2, 0.25) is 0 Å². The molecule has 2 atom stereocenters. The lowest BCUT2D eigenvalue weighted by Gasteiger charge is -2.19. The van der Waals surface area contributed by atoms with Crippen molar-refractivity contribution in [2.75, 3.05) is 40.6 Å². The fourth-order valence-corrected chi connectivity index (χ4v) is 10.1. The van der Waals surface area contributed by atoms with E-state index in [-0.39, 0.29) is 12.6 Å². The van der Waals surface area contributed by atoms with Crippen molar-refractivity contribution >= 4 is 0 Å². The fraction of sp³-hybridized carbons (Fsp3) is 0.941. The molecule has 0 aromatic rings. The highest BCUT2D eigenvalue weighted by Crippen LogP contribution is 2.19. The Morgan fingerprint density at radius 2 is 0.467 bits per heavy atom. The summed E-state index contributed by atoms with van der Waals surface area (Å²) in [4.78, 5) is 0. The van der Waals surface area contributed by atoms with Gasteiger partial charge in [-0.05, 0) is 89.2 Å². The number of rotatable bonds is 66. The van der Waals surface area contributed by atoms with Gasteiger partial charge in [-0.25, -0.2) is 0 Å². The third-order valence-electron chi connectivity index (χ3n) is 15.1. The number of hydrogen-bond acceptors (Lipinski definition) is 7. The van der Waals surface area contributed by atoms with Crippen LogP contribution in [0.3, 0.4) is 0 Å². The molecule has 0 amide bonds. The van der Waals surface area contributed by atoms with Crippen molar-refractivity contribution in [3.05, 3.63) is 24.3 Å². The van der Waals surface area contributed by atoms with Gasteiger partial charge in [-0.1, -0.05) is 284 Å². The Balaban J connectivity index is 3.95. The third-order valence-corrected chi connectivity index (χ3v) is 15.1. The minimum Gasteiger partial charge on any atom is -0.353 e. The van der Waals surface area contributed by atoms with Gasteiger partial charge in [0.25, 0.3) is 0 Å². The maximum Gasteiger partial charge on any atom is 0.179 e. The Morgan fingerprint density at radius 1 is 0.253 bits per heavy atom. The number of allylic oxidation sites excluding steroid dienone is 2. The lowest BCUT2D eigenvalue weighted by atomic mass is 10.0. The molecule has 0 bridgehead atoms. The molecule has 0 saturated carbocycles. The summed E-state index contributed by atoms with van der Waals surface area (Å²) in [6, 6.07) is 0. The summed E-state index contributed by atoms with van der Waals surface area (Å²) < 4.78 is 42.3. The van der Waals surface area contributed by atoms with Crippen LogP contribution in [0.4, 0.5) is 0 Å². The van der Waals surface area contributed by atoms with E-state index in [2.05, 4.69) is 39.8 Å². The fourth-order valence-electron chi connectivity index (χ4n) is 10.1. The summed E-state index contributed by atoms with van der Waals surface area (Å²) in [5, 5.41) is 0. The van der Waals surface area contributed by atoms with Gasteiger partial charge in [-0.3, -0.25) is 0 Å². The van der Waals surface area contributed by atoms with Crippen LogP contribution in [0.2, 0.25) is 0 Å². The topological polar surface area (TPSA) is 64.6 Å². The van der Waals surface area contributed by atoms with E-state index in [4.69, 9.17) is 33.2 Å². The largest absolute Gasteiger partial charge is 0.353 e. The molecule has 0 aliphatic carbocycles. The van der Waals surface area contributed by atoms with E-state index in [1.54, 1.807) is 14.2 Å². The second kappa shape index (κ2) is 65.7. The van der Waals surface area contributed by atoms with Gasteiger partial charge in [-0.15, -0.1) is 0 Å². The minimum absolute atomic E-state index is 0.00476. The maximum absolute atomic E-state index is 6.25. The molecule has 0 aromatic carbocycles. The molecule has 0 spiro atoms. The highest BCUT2D eigenvalue weighted by Gasteiger charge is 2.12. The van der Waals surface area contributed by atoms with Crippen molar-refractivity contribution in [2.45, 2.75) is 374 Å². The number of unbranched alkanes of at least 4 members (excludes halogenated alkanes) is 42. The minimum atomic E-state index is -0.391. The van der Waals surface area contributed by atoms with E-state index in [1.807, 2.05) is 12.2 Å². The molecule has 0 saturated heterocycles. The van der Waals surface area contributed by atoms with Crippen LogP contribution in [0.15, 0.2) is 24.3 Å². The molecule has 75 heavy (non-hydrogen) atoms. The normalized spacial score (nSPS) is 13.0. The van der Waals surface area contributed by atoms with Gasteiger partial charge in [0, 0.05) is 40.6 Å². The van der Waals surface area contributed by atoms with Crippen molar-refractivity contribution in [1.29, 1.82) is 0 Å². The van der Waals surface area contributed by atoms with Crippen LogP contribution >= 0.6 is 0 Å². The highest BCUT2D eigenvalue weighted by molar-refractivity contribution is 4.89. The first-order valence-electron chi connectivity index (χ1n) is 33.7. The van der Waals surface area contributed by atoms with Gasteiger partial charge in [-0.2, -0.15) is 0 Å². The van der Waals surface area contributed by atoms with Crippen LogP contribution < -0.4 is 0 Å². The lowest BCUT2D eigenvalue weighted by molar-refractivity contribution is -0.188. The summed E-state index contributed by atoms with van der Waals surface area (Å²) >= 11 is 0. The van der Waals surface area contributed by atoms with E-state index in [9.17, 15) is 0 Å². The van der Waals surface area contributed by atoms with Crippen LogP contribution in [0.1, 0.15) is 349 Å². The third kappa shape index (κ3) is 59.2. The van der Waals surface area contributed by atoms with Crippen molar-refractivity contribution in [2.24, 2.45) is 0 Å². The SMILES string of the molecule is CCCCCCCCOC(CCCCCCCCCCCCCC=CC(OC)OC(C=CCCCCCCCCCCCCCC(OCCCCCCCC)OCCCCCCCC)OC)OCCCCCCCC. The Hall–Kier alpha value is -0.800. The second-order valence-electron chi connectivity index (χ2n) is 22.5. The van der Waals surface area contributed by atoms with E-state index < -0.39 is 12.6 Å². The summed E-state index contributed by atoms with van der Waals surface area (Å²) in [5.41, 5.74) is 0. The van der Waals surface area contributed by atoms with Crippen LogP contribution in [0.5, 0.6) is 0 Å². The van der Waals surface area contributed by atoms with Gasteiger partial charge in [0.15, 0.2) is 25.2 Å². The lowest BCUT2D eigenvalue weighted by Crippen LogP contribution is -2.22. The molecular formula is C68H134O7. The Labute approximate surface area is 470 Å². The Kier molecular flexibility index (Phi) is 65.0. The molecule has 2 unspecified atom stereocenters. The summed E-state index contributed by atoms with van der Waals surface area (Å²) in [6.45, 7) is 12.6. The number of methoxy groups -OCH3 is 2. The van der Waals surface area contributed by atoms with Crippen molar-refractivity contribution in [3.63, 3.8) is 0 Å². The Bertz CT molecular complexity index is 966. The first-order chi connectivity index (χ1) is 37.1. The van der Waals surface area contributed by atoms with Crippen molar-refractivity contribution in [3.8, 4) is 0 Å². The summed E-state index contributed by atoms with van der Waals surface area (Å²) in [6.07, 6.45) is 72.5. The Morgan fingerprint density at radius 3 is 0.707 bits per heavy atom. The zero-order valence-corrected chi connectivity index (χ0v) is 51.7. The smallest absolute Gasteiger partial charge is 0.179 e. The second-order valence-corrected chi connectivity index (χ2v) is 22.5. The molecule has 0 N–H and O–H groups in total. The number of ether oxygens (including phenoxy) is 7. The molecule has 0 aromatic heterocycles. The zero-order valence-electron chi connectivity index (χ0n) is 51.7. The zero-order chi connectivity index (χ0) is 54.3. The average Bonchev–Trinajstić information content (AvgIpc) is 3.42. The van der Waals surface area contributed by atoms with Gasteiger partial charge in [0.05, 0.1) is 0 Å². The van der Waals surface area contributed by atoms with Crippen LogP contribution in [-0.4, -0.2) is 65.8 Å².